The Balaban J connectivity index is 2.24. The Bertz CT molecular complexity index is 954. The summed E-state index contributed by atoms with van der Waals surface area (Å²) < 4.78 is 27.0. The zero-order valence-corrected chi connectivity index (χ0v) is 15.6. The van der Waals surface area contributed by atoms with Gasteiger partial charge in [0.15, 0.2) is 0 Å². The van der Waals surface area contributed by atoms with Gasteiger partial charge in [-0.2, -0.15) is 0 Å². The summed E-state index contributed by atoms with van der Waals surface area (Å²) in [6, 6.07) is 9.13. The third-order valence-electron chi connectivity index (χ3n) is 3.75. The van der Waals surface area contributed by atoms with Crippen molar-refractivity contribution in [3.05, 3.63) is 71.3 Å². The van der Waals surface area contributed by atoms with E-state index >= 15 is 0 Å². The summed E-state index contributed by atoms with van der Waals surface area (Å²) in [7, 11) is -4.03. The molecule has 0 atom stereocenters. The van der Waals surface area contributed by atoms with E-state index < -0.39 is 21.8 Å². The summed E-state index contributed by atoms with van der Waals surface area (Å²) >= 11 is 0. The second-order valence-corrected chi connectivity index (χ2v) is 7.61. The maximum atomic E-state index is 12.5. The fraction of sp³-hybridized carbons (Fsp3) is 0.158. The zero-order chi connectivity index (χ0) is 19.5. The molecule has 0 aromatic heterocycles. The lowest BCUT2D eigenvalue weighted by molar-refractivity contribution is -0.111. The zero-order valence-electron chi connectivity index (χ0n) is 14.8. The van der Waals surface area contributed by atoms with Gasteiger partial charge < -0.3 is 5.32 Å². The first kappa shape index (κ1) is 19.4. The van der Waals surface area contributed by atoms with Crippen molar-refractivity contribution in [1.29, 1.82) is 0 Å². The molecule has 0 saturated heterocycles. The van der Waals surface area contributed by atoms with Crippen LogP contribution in [0.5, 0.6) is 0 Å². The molecule has 0 heterocycles. The van der Waals surface area contributed by atoms with Gasteiger partial charge in [-0.15, -0.1) is 0 Å². The highest BCUT2D eigenvalue weighted by Crippen LogP contribution is 2.18. The monoisotopic (exact) mass is 372 g/mol. The quantitative estimate of drug-likeness (QED) is 0.790. The normalized spacial score (nSPS) is 10.9. The number of benzene rings is 2. The van der Waals surface area contributed by atoms with Crippen LogP contribution in [0.4, 0.5) is 5.69 Å². The SMILES string of the molecule is C=CC(=O)Nc1ccc(S(=O)(=O)NC(=O)c2c(C)cc(C)cc2C)cc1. The molecular formula is C19H20N2O4S. The van der Waals surface area contributed by atoms with Gasteiger partial charge in [-0.1, -0.05) is 24.3 Å². The standard InChI is InChI=1S/C19H20N2O4S/c1-5-17(22)20-15-6-8-16(9-7-15)26(24,25)21-19(23)18-13(3)10-12(2)11-14(18)4/h5-11H,1H2,2-4H3,(H,20,22)(H,21,23). The number of sulfonamides is 1. The lowest BCUT2D eigenvalue weighted by Gasteiger charge is -2.12. The van der Waals surface area contributed by atoms with Crippen molar-refractivity contribution >= 4 is 27.5 Å². The van der Waals surface area contributed by atoms with Crippen molar-refractivity contribution in [2.45, 2.75) is 25.7 Å². The molecule has 0 aliphatic carbocycles. The maximum absolute atomic E-state index is 12.5. The van der Waals surface area contributed by atoms with Gasteiger partial charge in [0.1, 0.15) is 0 Å². The average Bonchev–Trinajstić information content (AvgIpc) is 2.53. The first-order valence-corrected chi connectivity index (χ1v) is 9.31. The Morgan fingerprint density at radius 1 is 1.00 bits per heavy atom. The molecule has 2 N–H and O–H groups in total. The topological polar surface area (TPSA) is 92.3 Å². The summed E-state index contributed by atoms with van der Waals surface area (Å²) in [6.07, 6.45) is 1.11. The molecule has 136 valence electrons. The van der Waals surface area contributed by atoms with E-state index in [1.807, 2.05) is 19.1 Å². The number of carbonyl (C=O) groups is 2. The fourth-order valence-electron chi connectivity index (χ4n) is 2.68. The smallest absolute Gasteiger partial charge is 0.265 e. The third kappa shape index (κ3) is 4.37. The van der Waals surface area contributed by atoms with Gasteiger partial charge in [0.2, 0.25) is 5.91 Å². The first-order chi connectivity index (χ1) is 12.1. The van der Waals surface area contributed by atoms with Crippen LogP contribution in [0.15, 0.2) is 53.9 Å². The van der Waals surface area contributed by atoms with Crippen molar-refractivity contribution in [2.24, 2.45) is 0 Å². The van der Waals surface area contributed by atoms with E-state index in [9.17, 15) is 18.0 Å². The molecule has 6 nitrogen and oxygen atoms in total. The van der Waals surface area contributed by atoms with Gasteiger partial charge in [0.05, 0.1) is 4.90 Å². The highest BCUT2D eigenvalue weighted by atomic mass is 32.2. The lowest BCUT2D eigenvalue weighted by atomic mass is 10.00. The van der Waals surface area contributed by atoms with Crippen LogP contribution in [0.3, 0.4) is 0 Å². The van der Waals surface area contributed by atoms with Crippen molar-refractivity contribution in [3.63, 3.8) is 0 Å². The van der Waals surface area contributed by atoms with E-state index in [1.165, 1.54) is 24.3 Å². The van der Waals surface area contributed by atoms with Gasteiger partial charge in [-0.3, -0.25) is 9.59 Å². The molecule has 0 saturated carbocycles. The van der Waals surface area contributed by atoms with Gasteiger partial charge >= 0.3 is 0 Å². The number of carbonyl (C=O) groups excluding carboxylic acids is 2. The van der Waals surface area contributed by atoms with E-state index in [-0.39, 0.29) is 4.90 Å². The molecule has 0 fully saturated rings. The minimum absolute atomic E-state index is 0.0788. The molecule has 0 radical (unpaired) electrons. The Labute approximate surface area is 153 Å². The van der Waals surface area contributed by atoms with Gasteiger partial charge in [-0.25, -0.2) is 13.1 Å². The van der Waals surface area contributed by atoms with Gasteiger partial charge in [-0.05, 0) is 62.2 Å². The van der Waals surface area contributed by atoms with Crippen LogP contribution in [-0.4, -0.2) is 20.2 Å². The molecule has 26 heavy (non-hydrogen) atoms. The molecule has 0 aliphatic rings. The Kier molecular flexibility index (Phi) is 5.62. The van der Waals surface area contributed by atoms with Crippen molar-refractivity contribution in [2.75, 3.05) is 5.32 Å². The molecule has 0 unspecified atom stereocenters. The van der Waals surface area contributed by atoms with E-state index in [2.05, 4.69) is 16.6 Å². The summed E-state index contributed by atoms with van der Waals surface area (Å²) in [6.45, 7) is 8.77. The number of hydrogen-bond donors (Lipinski definition) is 2. The van der Waals surface area contributed by atoms with E-state index in [0.29, 0.717) is 22.4 Å². The summed E-state index contributed by atoms with van der Waals surface area (Å²) in [5.74, 6) is -1.08. The predicted molar refractivity (Wildman–Crippen MR) is 101 cm³/mol. The number of rotatable bonds is 5. The molecule has 0 bridgehead atoms. The predicted octanol–water partition coefficient (Wildman–Crippen LogP) is 2.86. The fourth-order valence-corrected chi connectivity index (χ4v) is 3.64. The second-order valence-electron chi connectivity index (χ2n) is 5.93. The van der Waals surface area contributed by atoms with Crippen LogP contribution in [-0.2, 0) is 14.8 Å². The maximum Gasteiger partial charge on any atom is 0.265 e. The van der Waals surface area contributed by atoms with Crippen LogP contribution < -0.4 is 10.0 Å². The molecule has 7 heteroatoms. The van der Waals surface area contributed by atoms with E-state index in [0.717, 1.165) is 11.6 Å². The van der Waals surface area contributed by atoms with Crippen molar-refractivity contribution < 1.29 is 18.0 Å². The molecule has 2 amide bonds. The van der Waals surface area contributed by atoms with Crippen LogP contribution in [0.1, 0.15) is 27.0 Å². The molecule has 2 aromatic rings. The minimum Gasteiger partial charge on any atom is -0.323 e. The average molecular weight is 372 g/mol. The number of anilines is 1. The third-order valence-corrected chi connectivity index (χ3v) is 5.10. The highest BCUT2D eigenvalue weighted by Gasteiger charge is 2.21. The Hall–Kier alpha value is -2.93. The van der Waals surface area contributed by atoms with Crippen LogP contribution in [0.2, 0.25) is 0 Å². The van der Waals surface area contributed by atoms with Gasteiger partial charge in [0, 0.05) is 11.3 Å². The highest BCUT2D eigenvalue weighted by molar-refractivity contribution is 7.90. The van der Waals surface area contributed by atoms with E-state index in [1.54, 1.807) is 13.8 Å². The van der Waals surface area contributed by atoms with Gasteiger partial charge in [0.25, 0.3) is 15.9 Å². The summed E-state index contributed by atoms with van der Waals surface area (Å²) in [4.78, 5) is 23.6. The number of nitrogens with one attached hydrogen (secondary N) is 2. The van der Waals surface area contributed by atoms with Crippen molar-refractivity contribution in [3.8, 4) is 0 Å². The second kappa shape index (κ2) is 7.53. The number of aryl methyl sites for hydroxylation is 3. The number of hydrogen-bond acceptors (Lipinski definition) is 4. The lowest BCUT2D eigenvalue weighted by Crippen LogP contribution is -2.31. The van der Waals surface area contributed by atoms with E-state index in [4.69, 9.17) is 0 Å². The Morgan fingerprint density at radius 2 is 1.54 bits per heavy atom. The molecule has 0 aliphatic heterocycles. The molecular weight excluding hydrogens is 352 g/mol. The van der Waals surface area contributed by atoms with Crippen LogP contribution in [0, 0.1) is 20.8 Å². The number of amides is 2. The molecule has 0 spiro atoms. The Morgan fingerprint density at radius 3 is 2.04 bits per heavy atom. The first-order valence-electron chi connectivity index (χ1n) is 7.82. The molecule has 2 aromatic carbocycles. The van der Waals surface area contributed by atoms with Crippen molar-refractivity contribution in [1.82, 2.24) is 4.72 Å². The largest absolute Gasteiger partial charge is 0.323 e. The van der Waals surface area contributed by atoms with Crippen LogP contribution >= 0.6 is 0 Å². The summed E-state index contributed by atoms with van der Waals surface area (Å²) in [5, 5.41) is 2.52. The molecule has 2 rings (SSSR count). The minimum atomic E-state index is -4.03. The summed E-state index contributed by atoms with van der Waals surface area (Å²) in [5.41, 5.74) is 3.17. The van der Waals surface area contributed by atoms with Crippen LogP contribution in [0.25, 0.3) is 0 Å².